The second kappa shape index (κ2) is 10.1. The molecule has 2 fully saturated rings. The maximum absolute atomic E-state index is 12.0. The quantitative estimate of drug-likeness (QED) is 0.685. The highest BCUT2D eigenvalue weighted by atomic mass is 32.1. The third-order valence-electron chi connectivity index (χ3n) is 5.62. The Kier molecular flexibility index (Phi) is 7.09. The van der Waals surface area contributed by atoms with Gasteiger partial charge in [-0.2, -0.15) is 0 Å². The van der Waals surface area contributed by atoms with Gasteiger partial charge >= 0.3 is 0 Å². The van der Waals surface area contributed by atoms with Gasteiger partial charge in [0.1, 0.15) is 5.82 Å². The van der Waals surface area contributed by atoms with Crippen LogP contribution in [0.25, 0.3) is 0 Å². The Morgan fingerprint density at radius 3 is 2.97 bits per heavy atom. The molecule has 1 amide bonds. The van der Waals surface area contributed by atoms with Crippen molar-refractivity contribution in [1.82, 2.24) is 19.8 Å². The summed E-state index contributed by atoms with van der Waals surface area (Å²) in [5.74, 6) is 1.28. The predicted octanol–water partition coefficient (Wildman–Crippen LogP) is 3.08. The summed E-state index contributed by atoms with van der Waals surface area (Å²) in [6.45, 7) is 9.59. The number of hydrogen-bond donors (Lipinski definition) is 1. The fraction of sp³-hybridized carbons (Fsp3) is 0.500. The van der Waals surface area contributed by atoms with Crippen molar-refractivity contribution in [3.8, 4) is 0 Å². The zero-order valence-corrected chi connectivity index (χ0v) is 18.1. The maximum atomic E-state index is 12.0. The zero-order chi connectivity index (χ0) is 20.8. The van der Waals surface area contributed by atoms with E-state index < -0.39 is 0 Å². The molecule has 2 aromatic rings. The lowest BCUT2D eigenvalue weighted by molar-refractivity contribution is -0.127. The minimum Gasteiger partial charge on any atom is -0.379 e. The van der Waals surface area contributed by atoms with E-state index in [9.17, 15) is 4.79 Å². The molecule has 0 radical (unpaired) electrons. The van der Waals surface area contributed by atoms with Crippen LogP contribution in [-0.2, 0) is 22.5 Å². The Labute approximate surface area is 181 Å². The van der Waals surface area contributed by atoms with Crippen LogP contribution in [0.2, 0.25) is 0 Å². The molecule has 0 aliphatic carbocycles. The molecule has 7 nitrogen and oxygen atoms in total. The molecule has 160 valence electrons. The number of aromatic nitrogens is 2. The first kappa shape index (κ1) is 21.0. The number of ether oxygens (including phenoxy) is 1. The van der Waals surface area contributed by atoms with Crippen molar-refractivity contribution in [2.75, 3.05) is 44.7 Å². The van der Waals surface area contributed by atoms with E-state index in [0.29, 0.717) is 5.92 Å². The lowest BCUT2D eigenvalue weighted by atomic mass is 9.92. The number of thiazole rings is 1. The van der Waals surface area contributed by atoms with Crippen molar-refractivity contribution >= 4 is 28.2 Å². The number of anilines is 2. The molecule has 8 heteroatoms. The van der Waals surface area contributed by atoms with Gasteiger partial charge in [-0.15, -0.1) is 11.3 Å². The van der Waals surface area contributed by atoms with Crippen molar-refractivity contribution in [1.29, 1.82) is 0 Å². The monoisotopic (exact) mass is 427 g/mol. The number of likely N-dealkylation sites (tertiary alicyclic amines) is 1. The average Bonchev–Trinajstić information content (AvgIpc) is 3.27. The first-order valence-electron chi connectivity index (χ1n) is 10.6. The largest absolute Gasteiger partial charge is 0.379 e. The summed E-state index contributed by atoms with van der Waals surface area (Å²) in [7, 11) is 0. The number of nitrogens with zero attached hydrogens (tertiary/aromatic N) is 4. The maximum Gasteiger partial charge on any atom is 0.245 e. The SMILES string of the molecule is C=CC(=O)N1CCC[C@H](Cc2cc(CN3CCOCC3)cc(Nc3nccs3)n2)C1. The first-order valence-corrected chi connectivity index (χ1v) is 11.5. The first-order chi connectivity index (χ1) is 14.7. The van der Waals surface area contributed by atoms with Crippen LogP contribution in [0.1, 0.15) is 24.1 Å². The van der Waals surface area contributed by atoms with E-state index in [2.05, 4.69) is 33.9 Å². The molecule has 0 aromatic carbocycles. The smallest absolute Gasteiger partial charge is 0.245 e. The van der Waals surface area contributed by atoms with Crippen LogP contribution in [0.3, 0.4) is 0 Å². The van der Waals surface area contributed by atoms with Gasteiger partial charge in [0.05, 0.1) is 13.2 Å². The molecule has 1 atom stereocenters. The molecule has 1 N–H and O–H groups in total. The Balaban J connectivity index is 1.50. The Bertz CT molecular complexity index is 851. The summed E-state index contributed by atoms with van der Waals surface area (Å²) >= 11 is 1.56. The van der Waals surface area contributed by atoms with Crippen LogP contribution in [0.4, 0.5) is 10.9 Å². The molecule has 4 rings (SSSR count). The number of morpholine rings is 1. The number of amides is 1. The summed E-state index contributed by atoms with van der Waals surface area (Å²) < 4.78 is 5.48. The van der Waals surface area contributed by atoms with Gasteiger partial charge in [-0.1, -0.05) is 6.58 Å². The van der Waals surface area contributed by atoms with Gasteiger partial charge in [-0.05, 0) is 49.0 Å². The zero-order valence-electron chi connectivity index (χ0n) is 17.3. The second-order valence-electron chi connectivity index (χ2n) is 7.90. The Hall–Kier alpha value is -2.29. The van der Waals surface area contributed by atoms with Crippen LogP contribution in [0, 0.1) is 5.92 Å². The molecule has 2 aliphatic rings. The highest BCUT2D eigenvalue weighted by Gasteiger charge is 2.23. The predicted molar refractivity (Wildman–Crippen MR) is 119 cm³/mol. The van der Waals surface area contributed by atoms with Gasteiger partial charge in [0.15, 0.2) is 5.13 Å². The van der Waals surface area contributed by atoms with Crippen LogP contribution in [-0.4, -0.2) is 65.1 Å². The number of pyridine rings is 1. The van der Waals surface area contributed by atoms with E-state index in [1.165, 1.54) is 11.6 Å². The topological polar surface area (TPSA) is 70.6 Å². The number of rotatable bonds is 7. The third-order valence-corrected chi connectivity index (χ3v) is 6.31. The number of carbonyl (C=O) groups excluding carboxylic acids is 1. The van der Waals surface area contributed by atoms with Crippen molar-refractivity contribution in [2.45, 2.75) is 25.8 Å². The van der Waals surface area contributed by atoms with Gasteiger partial charge in [-0.25, -0.2) is 9.97 Å². The molecule has 4 heterocycles. The molecule has 0 saturated carbocycles. The van der Waals surface area contributed by atoms with Gasteiger partial charge in [-0.3, -0.25) is 9.69 Å². The third kappa shape index (κ3) is 5.65. The fourth-order valence-electron chi connectivity index (χ4n) is 4.18. The number of carbonyl (C=O) groups is 1. The van der Waals surface area contributed by atoms with Crippen molar-refractivity contribution in [3.05, 3.63) is 47.6 Å². The Morgan fingerprint density at radius 2 is 2.20 bits per heavy atom. The molecule has 2 aliphatic heterocycles. The van der Waals surface area contributed by atoms with Crippen molar-refractivity contribution in [3.63, 3.8) is 0 Å². The summed E-state index contributed by atoms with van der Waals surface area (Å²) in [6, 6.07) is 4.34. The summed E-state index contributed by atoms with van der Waals surface area (Å²) in [5.41, 5.74) is 2.31. The van der Waals surface area contributed by atoms with E-state index in [-0.39, 0.29) is 5.91 Å². The van der Waals surface area contributed by atoms with E-state index >= 15 is 0 Å². The van der Waals surface area contributed by atoms with Crippen LogP contribution in [0.5, 0.6) is 0 Å². The van der Waals surface area contributed by atoms with Crippen LogP contribution < -0.4 is 5.32 Å². The van der Waals surface area contributed by atoms with Gasteiger partial charge in [0, 0.05) is 50.0 Å². The second-order valence-corrected chi connectivity index (χ2v) is 8.80. The van der Waals surface area contributed by atoms with E-state index in [1.807, 2.05) is 10.3 Å². The highest BCUT2D eigenvalue weighted by Crippen LogP contribution is 2.24. The normalized spacial score (nSPS) is 20.1. The summed E-state index contributed by atoms with van der Waals surface area (Å²) in [5, 5.41) is 6.15. The van der Waals surface area contributed by atoms with Crippen molar-refractivity contribution in [2.24, 2.45) is 5.92 Å². The van der Waals surface area contributed by atoms with Gasteiger partial charge in [0.2, 0.25) is 5.91 Å². The Morgan fingerprint density at radius 1 is 1.33 bits per heavy atom. The minimum absolute atomic E-state index is 0.0276. The molecule has 0 bridgehead atoms. The van der Waals surface area contributed by atoms with Crippen LogP contribution in [0.15, 0.2) is 36.4 Å². The van der Waals surface area contributed by atoms with E-state index in [0.717, 1.165) is 81.8 Å². The molecule has 2 aromatic heterocycles. The molecular weight excluding hydrogens is 398 g/mol. The van der Waals surface area contributed by atoms with Crippen molar-refractivity contribution < 1.29 is 9.53 Å². The minimum atomic E-state index is 0.0276. The molecule has 2 saturated heterocycles. The van der Waals surface area contributed by atoms with Gasteiger partial charge in [0.25, 0.3) is 0 Å². The summed E-state index contributed by atoms with van der Waals surface area (Å²) in [6.07, 6.45) is 6.22. The molecule has 0 unspecified atom stereocenters. The average molecular weight is 428 g/mol. The fourth-order valence-corrected chi connectivity index (χ4v) is 4.72. The van der Waals surface area contributed by atoms with E-state index in [1.54, 1.807) is 17.5 Å². The summed E-state index contributed by atoms with van der Waals surface area (Å²) in [4.78, 5) is 25.6. The lowest BCUT2D eigenvalue weighted by Crippen LogP contribution is -2.39. The van der Waals surface area contributed by atoms with Gasteiger partial charge < -0.3 is 15.0 Å². The number of piperidine rings is 1. The molecule has 30 heavy (non-hydrogen) atoms. The van der Waals surface area contributed by atoms with E-state index in [4.69, 9.17) is 9.72 Å². The lowest BCUT2D eigenvalue weighted by Gasteiger charge is -2.32. The molecular formula is C22H29N5O2S. The number of nitrogens with one attached hydrogen (secondary N) is 1. The van der Waals surface area contributed by atoms with Crippen LogP contribution >= 0.6 is 11.3 Å². The standard InChI is InChI=1S/C22H29N5O2S/c1-2-21(28)27-6-3-4-17(16-27)12-19-13-18(15-26-7-9-29-10-8-26)14-20(24-19)25-22-23-5-11-30-22/h2,5,11,13-14,17H,1,3-4,6-10,12,15-16H2,(H,23,24,25)/t17-/m1/s1. The number of hydrogen-bond acceptors (Lipinski definition) is 7. The molecule has 0 spiro atoms. The highest BCUT2D eigenvalue weighted by molar-refractivity contribution is 7.13.